The fourth-order valence-corrected chi connectivity index (χ4v) is 2.56. The molecule has 6 heteroatoms. The van der Waals surface area contributed by atoms with Gasteiger partial charge in [-0.3, -0.25) is 4.90 Å². The molecule has 6 nitrogen and oxygen atoms in total. The molecule has 0 saturated carbocycles. The van der Waals surface area contributed by atoms with Crippen LogP contribution in [-0.4, -0.2) is 54.1 Å². The monoisotopic (exact) mass is 278 g/mol. The summed E-state index contributed by atoms with van der Waals surface area (Å²) in [5, 5.41) is 3.19. The molecule has 1 aliphatic heterocycles. The second-order valence-corrected chi connectivity index (χ2v) is 5.68. The highest BCUT2D eigenvalue weighted by Gasteiger charge is 2.19. The zero-order valence-corrected chi connectivity index (χ0v) is 12.8. The average molecular weight is 278 g/mol. The first-order valence-corrected chi connectivity index (χ1v) is 7.44. The second-order valence-electron chi connectivity index (χ2n) is 5.68. The Kier molecular flexibility index (Phi) is 5.00. The van der Waals surface area contributed by atoms with E-state index in [4.69, 9.17) is 5.73 Å². The van der Waals surface area contributed by atoms with Gasteiger partial charge in [-0.05, 0) is 12.8 Å². The molecule has 0 aliphatic carbocycles. The maximum Gasteiger partial charge on any atom is 0.223 e. The standard InChI is InChI=1S/C14H26N6/c1-4-16-12-9-13(18-14(15)17-12)20-7-5-19(6-8-20)10-11(2)3/h9,11H,4-8,10H2,1-3H3,(H3,15,16,17,18). The van der Waals surface area contributed by atoms with Crippen LogP contribution in [0.3, 0.4) is 0 Å². The van der Waals surface area contributed by atoms with E-state index in [9.17, 15) is 0 Å². The third kappa shape index (κ3) is 3.96. The van der Waals surface area contributed by atoms with Crippen LogP contribution in [0.25, 0.3) is 0 Å². The minimum atomic E-state index is 0.336. The Balaban J connectivity index is 1.99. The number of nitrogens with zero attached hydrogens (tertiary/aromatic N) is 4. The van der Waals surface area contributed by atoms with Crippen molar-refractivity contribution in [2.45, 2.75) is 20.8 Å². The number of hydrogen-bond donors (Lipinski definition) is 2. The summed E-state index contributed by atoms with van der Waals surface area (Å²) in [6.45, 7) is 12.7. The quantitative estimate of drug-likeness (QED) is 0.845. The van der Waals surface area contributed by atoms with Crippen LogP contribution in [0.1, 0.15) is 20.8 Å². The third-order valence-electron chi connectivity index (χ3n) is 3.41. The molecule has 0 atom stereocenters. The van der Waals surface area contributed by atoms with E-state index in [-0.39, 0.29) is 0 Å². The van der Waals surface area contributed by atoms with Gasteiger partial charge in [0, 0.05) is 45.3 Å². The number of hydrogen-bond acceptors (Lipinski definition) is 6. The Morgan fingerprint density at radius 3 is 2.55 bits per heavy atom. The zero-order valence-electron chi connectivity index (χ0n) is 12.8. The number of piperazine rings is 1. The number of anilines is 3. The molecule has 2 rings (SSSR count). The second kappa shape index (κ2) is 6.74. The van der Waals surface area contributed by atoms with E-state index in [1.165, 1.54) is 6.54 Å². The van der Waals surface area contributed by atoms with Crippen LogP contribution in [0.5, 0.6) is 0 Å². The lowest BCUT2D eigenvalue weighted by Gasteiger charge is -2.36. The number of rotatable bonds is 5. The van der Waals surface area contributed by atoms with Crippen LogP contribution >= 0.6 is 0 Å². The van der Waals surface area contributed by atoms with E-state index in [0.717, 1.165) is 50.3 Å². The molecule has 0 spiro atoms. The summed E-state index contributed by atoms with van der Waals surface area (Å²) < 4.78 is 0. The van der Waals surface area contributed by atoms with Crippen molar-refractivity contribution in [1.82, 2.24) is 14.9 Å². The van der Waals surface area contributed by atoms with Gasteiger partial charge in [-0.15, -0.1) is 0 Å². The van der Waals surface area contributed by atoms with Crippen LogP contribution in [-0.2, 0) is 0 Å². The Labute approximate surface area is 121 Å². The maximum atomic E-state index is 5.79. The molecule has 1 aromatic heterocycles. The molecule has 0 amide bonds. The molecule has 3 N–H and O–H groups in total. The Morgan fingerprint density at radius 2 is 1.95 bits per heavy atom. The molecule has 0 bridgehead atoms. The summed E-state index contributed by atoms with van der Waals surface area (Å²) in [6, 6.07) is 1.98. The molecular weight excluding hydrogens is 252 g/mol. The van der Waals surface area contributed by atoms with Gasteiger partial charge in [-0.25, -0.2) is 0 Å². The van der Waals surface area contributed by atoms with Crippen molar-refractivity contribution in [3.05, 3.63) is 6.07 Å². The van der Waals surface area contributed by atoms with Gasteiger partial charge in [0.05, 0.1) is 0 Å². The van der Waals surface area contributed by atoms with Crippen LogP contribution in [0.2, 0.25) is 0 Å². The lowest BCUT2D eigenvalue weighted by atomic mass is 10.2. The zero-order chi connectivity index (χ0) is 14.5. The average Bonchev–Trinajstić information content (AvgIpc) is 2.38. The third-order valence-corrected chi connectivity index (χ3v) is 3.41. The lowest BCUT2D eigenvalue weighted by molar-refractivity contribution is 0.231. The van der Waals surface area contributed by atoms with Crippen LogP contribution < -0.4 is 16.0 Å². The molecular formula is C14H26N6. The van der Waals surface area contributed by atoms with Crippen molar-refractivity contribution in [1.29, 1.82) is 0 Å². The van der Waals surface area contributed by atoms with Gasteiger partial charge in [0.25, 0.3) is 0 Å². The smallest absolute Gasteiger partial charge is 0.223 e. The van der Waals surface area contributed by atoms with Crippen molar-refractivity contribution < 1.29 is 0 Å². The molecule has 0 unspecified atom stereocenters. The normalized spacial score (nSPS) is 16.7. The molecule has 1 aliphatic rings. The molecule has 1 fully saturated rings. The van der Waals surface area contributed by atoms with Crippen molar-refractivity contribution >= 4 is 17.6 Å². The minimum absolute atomic E-state index is 0.336. The Hall–Kier alpha value is -1.56. The largest absolute Gasteiger partial charge is 0.370 e. The Morgan fingerprint density at radius 1 is 1.25 bits per heavy atom. The van der Waals surface area contributed by atoms with Crippen molar-refractivity contribution in [3.63, 3.8) is 0 Å². The highest BCUT2D eigenvalue weighted by Crippen LogP contribution is 2.18. The van der Waals surface area contributed by atoms with Gasteiger partial charge < -0.3 is 16.0 Å². The van der Waals surface area contributed by atoms with Crippen molar-refractivity contribution in [2.24, 2.45) is 5.92 Å². The maximum absolute atomic E-state index is 5.79. The van der Waals surface area contributed by atoms with E-state index in [0.29, 0.717) is 5.95 Å². The summed E-state index contributed by atoms with van der Waals surface area (Å²) in [5.74, 6) is 2.79. The van der Waals surface area contributed by atoms with Crippen molar-refractivity contribution in [3.8, 4) is 0 Å². The molecule has 1 aromatic rings. The summed E-state index contributed by atoms with van der Waals surface area (Å²) in [5.41, 5.74) is 5.79. The highest BCUT2D eigenvalue weighted by atomic mass is 15.3. The number of nitrogen functional groups attached to an aromatic ring is 1. The topological polar surface area (TPSA) is 70.3 Å². The first-order valence-electron chi connectivity index (χ1n) is 7.44. The highest BCUT2D eigenvalue weighted by molar-refractivity contribution is 5.52. The molecule has 112 valence electrons. The number of nitrogens with one attached hydrogen (secondary N) is 1. The summed E-state index contributed by atoms with van der Waals surface area (Å²) in [6.07, 6.45) is 0. The van der Waals surface area contributed by atoms with E-state index in [2.05, 4.69) is 38.9 Å². The molecule has 2 heterocycles. The molecule has 0 aromatic carbocycles. The van der Waals surface area contributed by atoms with Crippen LogP contribution in [0.15, 0.2) is 6.07 Å². The minimum Gasteiger partial charge on any atom is -0.370 e. The fraction of sp³-hybridized carbons (Fsp3) is 0.714. The van der Waals surface area contributed by atoms with Gasteiger partial charge >= 0.3 is 0 Å². The van der Waals surface area contributed by atoms with E-state index < -0.39 is 0 Å². The Bertz CT molecular complexity index is 426. The van der Waals surface area contributed by atoms with Gasteiger partial charge in [0.1, 0.15) is 11.6 Å². The molecule has 1 saturated heterocycles. The number of nitrogens with two attached hydrogens (primary N) is 1. The van der Waals surface area contributed by atoms with E-state index >= 15 is 0 Å². The fourth-order valence-electron chi connectivity index (χ4n) is 2.56. The van der Waals surface area contributed by atoms with E-state index in [1.54, 1.807) is 0 Å². The predicted octanol–water partition coefficient (Wildman–Crippen LogP) is 1.27. The SMILES string of the molecule is CCNc1cc(N2CCN(CC(C)C)CC2)nc(N)n1. The van der Waals surface area contributed by atoms with Gasteiger partial charge in [0.2, 0.25) is 5.95 Å². The summed E-state index contributed by atoms with van der Waals surface area (Å²) >= 11 is 0. The summed E-state index contributed by atoms with van der Waals surface area (Å²) in [4.78, 5) is 13.3. The first kappa shape index (κ1) is 14.8. The first-order chi connectivity index (χ1) is 9.58. The van der Waals surface area contributed by atoms with Crippen molar-refractivity contribution in [2.75, 3.05) is 55.2 Å². The van der Waals surface area contributed by atoms with E-state index in [1.807, 2.05) is 13.0 Å². The number of aromatic nitrogens is 2. The van der Waals surface area contributed by atoms with Gasteiger partial charge in [-0.1, -0.05) is 13.8 Å². The molecule has 0 radical (unpaired) electrons. The van der Waals surface area contributed by atoms with Gasteiger partial charge in [-0.2, -0.15) is 9.97 Å². The molecule has 20 heavy (non-hydrogen) atoms. The lowest BCUT2D eigenvalue weighted by Crippen LogP contribution is -2.47. The van der Waals surface area contributed by atoms with Crippen LogP contribution in [0, 0.1) is 5.92 Å². The van der Waals surface area contributed by atoms with Crippen LogP contribution in [0.4, 0.5) is 17.6 Å². The summed E-state index contributed by atoms with van der Waals surface area (Å²) in [7, 11) is 0. The van der Waals surface area contributed by atoms with Gasteiger partial charge in [0.15, 0.2) is 0 Å². The predicted molar refractivity (Wildman–Crippen MR) is 84.1 cm³/mol.